The quantitative estimate of drug-likeness (QED) is 0.696. The third kappa shape index (κ3) is 6.95. The fourth-order valence-corrected chi connectivity index (χ4v) is 2.72. The summed E-state index contributed by atoms with van der Waals surface area (Å²) in [5, 5.41) is 3.39. The van der Waals surface area contributed by atoms with Gasteiger partial charge >= 0.3 is 0 Å². The first kappa shape index (κ1) is 16.5. The molecule has 1 rings (SSSR count). The Bertz CT molecular complexity index is 229. The molecular weight excluding hydrogens is 236 g/mol. The summed E-state index contributed by atoms with van der Waals surface area (Å²) in [6.45, 7) is 8.57. The molecule has 1 aliphatic heterocycles. The third-order valence-electron chi connectivity index (χ3n) is 4.14. The number of piperidine rings is 1. The van der Waals surface area contributed by atoms with Crippen LogP contribution in [0.2, 0.25) is 0 Å². The van der Waals surface area contributed by atoms with E-state index in [1.807, 2.05) is 0 Å². The largest absolute Gasteiger partial charge is 0.343 e. The van der Waals surface area contributed by atoms with Crippen LogP contribution in [0.1, 0.15) is 65.2 Å². The van der Waals surface area contributed by atoms with Crippen LogP contribution in [0.25, 0.3) is 0 Å². The van der Waals surface area contributed by atoms with E-state index >= 15 is 0 Å². The first-order chi connectivity index (χ1) is 9.27. The lowest BCUT2D eigenvalue weighted by atomic mass is 9.93. The van der Waals surface area contributed by atoms with Gasteiger partial charge in [-0.15, -0.1) is 0 Å². The van der Waals surface area contributed by atoms with Gasteiger partial charge in [-0.1, -0.05) is 26.7 Å². The molecule has 0 radical (unpaired) electrons. The summed E-state index contributed by atoms with van der Waals surface area (Å²) in [7, 11) is 0. The molecule has 1 saturated heterocycles. The van der Waals surface area contributed by atoms with Crippen LogP contribution >= 0.6 is 0 Å². The molecule has 112 valence electrons. The summed E-state index contributed by atoms with van der Waals surface area (Å²) in [6, 6.07) is 0. The molecule has 19 heavy (non-hydrogen) atoms. The summed E-state index contributed by atoms with van der Waals surface area (Å²) >= 11 is 0. The molecule has 0 unspecified atom stereocenters. The number of carbonyl (C=O) groups is 1. The Labute approximate surface area is 119 Å². The topological polar surface area (TPSA) is 32.3 Å². The van der Waals surface area contributed by atoms with E-state index in [0.717, 1.165) is 57.8 Å². The maximum atomic E-state index is 12.3. The molecule has 1 amide bonds. The minimum atomic E-state index is 0.389. The minimum Gasteiger partial charge on any atom is -0.343 e. The van der Waals surface area contributed by atoms with Gasteiger partial charge in [0.2, 0.25) is 5.91 Å². The highest BCUT2D eigenvalue weighted by atomic mass is 16.2. The Morgan fingerprint density at radius 2 is 1.68 bits per heavy atom. The Balaban J connectivity index is 2.28. The monoisotopic (exact) mass is 268 g/mol. The van der Waals surface area contributed by atoms with E-state index in [2.05, 4.69) is 24.1 Å². The second kappa shape index (κ2) is 10.2. The van der Waals surface area contributed by atoms with Gasteiger partial charge in [0.1, 0.15) is 0 Å². The molecule has 1 N–H and O–H groups in total. The summed E-state index contributed by atoms with van der Waals surface area (Å²) in [5.41, 5.74) is 0. The maximum absolute atomic E-state index is 12.3. The summed E-state index contributed by atoms with van der Waals surface area (Å²) in [4.78, 5) is 14.4. The molecule has 1 fully saturated rings. The molecule has 0 aromatic carbocycles. The van der Waals surface area contributed by atoms with Gasteiger partial charge in [0.05, 0.1) is 0 Å². The number of amides is 1. The molecule has 0 aromatic rings. The number of nitrogens with zero attached hydrogens (tertiary/aromatic N) is 1. The average molecular weight is 268 g/mol. The van der Waals surface area contributed by atoms with Gasteiger partial charge in [-0.2, -0.15) is 0 Å². The first-order valence-corrected chi connectivity index (χ1v) is 8.26. The SMILES string of the molecule is CCCCN(CCCC)C(=O)CCC1CCNCC1. The highest BCUT2D eigenvalue weighted by Crippen LogP contribution is 2.18. The lowest BCUT2D eigenvalue weighted by Crippen LogP contribution is -2.34. The third-order valence-corrected chi connectivity index (χ3v) is 4.14. The van der Waals surface area contributed by atoms with Crippen molar-refractivity contribution in [2.24, 2.45) is 5.92 Å². The van der Waals surface area contributed by atoms with E-state index in [1.54, 1.807) is 0 Å². The molecule has 0 aliphatic carbocycles. The first-order valence-electron chi connectivity index (χ1n) is 8.26. The van der Waals surface area contributed by atoms with Gasteiger partial charge in [0.25, 0.3) is 0 Å². The van der Waals surface area contributed by atoms with Gasteiger partial charge in [-0.25, -0.2) is 0 Å². The highest BCUT2D eigenvalue weighted by molar-refractivity contribution is 5.76. The van der Waals surface area contributed by atoms with E-state index in [-0.39, 0.29) is 0 Å². The van der Waals surface area contributed by atoms with E-state index in [1.165, 1.54) is 25.7 Å². The zero-order valence-electron chi connectivity index (χ0n) is 12.9. The van der Waals surface area contributed by atoms with Crippen molar-refractivity contribution in [3.63, 3.8) is 0 Å². The van der Waals surface area contributed by atoms with Gasteiger partial charge < -0.3 is 10.2 Å². The second-order valence-corrected chi connectivity index (χ2v) is 5.82. The van der Waals surface area contributed by atoms with Crippen molar-refractivity contribution in [1.29, 1.82) is 0 Å². The van der Waals surface area contributed by atoms with Crippen LogP contribution < -0.4 is 5.32 Å². The zero-order chi connectivity index (χ0) is 13.9. The molecule has 3 nitrogen and oxygen atoms in total. The Morgan fingerprint density at radius 3 is 2.21 bits per heavy atom. The molecular formula is C16H32N2O. The predicted octanol–water partition coefficient (Wildman–Crippen LogP) is 3.20. The van der Waals surface area contributed by atoms with Gasteiger partial charge in [0.15, 0.2) is 0 Å². The fraction of sp³-hybridized carbons (Fsp3) is 0.938. The van der Waals surface area contributed by atoms with Gasteiger partial charge in [0, 0.05) is 19.5 Å². The second-order valence-electron chi connectivity index (χ2n) is 5.82. The van der Waals surface area contributed by atoms with Crippen LogP contribution in [0.3, 0.4) is 0 Å². The van der Waals surface area contributed by atoms with Crippen LogP contribution in [0, 0.1) is 5.92 Å². The van der Waals surface area contributed by atoms with Crippen molar-refractivity contribution in [1.82, 2.24) is 10.2 Å². The van der Waals surface area contributed by atoms with Gasteiger partial charge in [-0.3, -0.25) is 4.79 Å². The van der Waals surface area contributed by atoms with Gasteiger partial charge in [-0.05, 0) is 51.1 Å². The van der Waals surface area contributed by atoms with Crippen molar-refractivity contribution in [3.8, 4) is 0 Å². The lowest BCUT2D eigenvalue weighted by molar-refractivity contribution is -0.131. The predicted molar refractivity (Wildman–Crippen MR) is 81.2 cm³/mol. The summed E-state index contributed by atoms with van der Waals surface area (Å²) < 4.78 is 0. The van der Waals surface area contributed by atoms with Crippen LogP contribution in [-0.2, 0) is 4.79 Å². The number of hydrogen-bond donors (Lipinski definition) is 1. The molecule has 0 saturated carbocycles. The number of rotatable bonds is 9. The van der Waals surface area contributed by atoms with E-state index in [0.29, 0.717) is 5.91 Å². The summed E-state index contributed by atoms with van der Waals surface area (Å²) in [5.74, 6) is 1.16. The Kier molecular flexibility index (Phi) is 8.89. The zero-order valence-corrected chi connectivity index (χ0v) is 12.9. The van der Waals surface area contributed by atoms with Crippen LogP contribution in [0.15, 0.2) is 0 Å². The Morgan fingerprint density at radius 1 is 1.11 bits per heavy atom. The van der Waals surface area contributed by atoms with Crippen molar-refractivity contribution in [3.05, 3.63) is 0 Å². The smallest absolute Gasteiger partial charge is 0.222 e. The van der Waals surface area contributed by atoms with E-state index in [4.69, 9.17) is 0 Å². The summed E-state index contributed by atoms with van der Waals surface area (Å²) in [6.07, 6.45) is 8.97. The maximum Gasteiger partial charge on any atom is 0.222 e. The molecule has 0 atom stereocenters. The van der Waals surface area contributed by atoms with Crippen molar-refractivity contribution in [2.75, 3.05) is 26.2 Å². The molecule has 0 bridgehead atoms. The molecule has 1 aliphatic rings. The average Bonchev–Trinajstić information content (AvgIpc) is 2.46. The van der Waals surface area contributed by atoms with Crippen molar-refractivity contribution >= 4 is 5.91 Å². The molecule has 3 heteroatoms. The number of unbranched alkanes of at least 4 members (excludes halogenated alkanes) is 2. The minimum absolute atomic E-state index is 0.389. The van der Waals surface area contributed by atoms with E-state index < -0.39 is 0 Å². The van der Waals surface area contributed by atoms with Crippen molar-refractivity contribution in [2.45, 2.75) is 65.2 Å². The van der Waals surface area contributed by atoms with Crippen LogP contribution in [0.5, 0.6) is 0 Å². The normalized spacial score (nSPS) is 16.5. The Hall–Kier alpha value is -0.570. The standard InChI is InChI=1S/C16H32N2O/c1-3-5-13-18(14-6-4-2)16(19)8-7-15-9-11-17-12-10-15/h15,17H,3-14H2,1-2H3. The number of carbonyl (C=O) groups excluding carboxylic acids is 1. The number of hydrogen-bond acceptors (Lipinski definition) is 2. The molecule has 0 spiro atoms. The van der Waals surface area contributed by atoms with E-state index in [9.17, 15) is 4.79 Å². The van der Waals surface area contributed by atoms with Crippen LogP contribution in [0.4, 0.5) is 0 Å². The molecule has 1 heterocycles. The lowest BCUT2D eigenvalue weighted by Gasteiger charge is -2.25. The highest BCUT2D eigenvalue weighted by Gasteiger charge is 2.17. The van der Waals surface area contributed by atoms with Crippen LogP contribution in [-0.4, -0.2) is 37.0 Å². The fourth-order valence-electron chi connectivity index (χ4n) is 2.72. The van der Waals surface area contributed by atoms with Crippen molar-refractivity contribution < 1.29 is 4.79 Å². The molecule has 0 aromatic heterocycles. The number of nitrogens with one attached hydrogen (secondary N) is 1.